The van der Waals surface area contributed by atoms with Gasteiger partial charge in [-0.1, -0.05) is 12.1 Å². The van der Waals surface area contributed by atoms with Gasteiger partial charge in [-0.25, -0.2) is 0 Å². The highest BCUT2D eigenvalue weighted by Crippen LogP contribution is 2.28. The number of nitrogens with one attached hydrogen (secondary N) is 2. The van der Waals surface area contributed by atoms with Crippen LogP contribution in [0.15, 0.2) is 66.7 Å². The molecule has 0 atom stereocenters. The molecule has 3 aromatic rings. The largest absolute Gasteiger partial charge is 0.496 e. The molecule has 0 radical (unpaired) electrons. The zero-order valence-corrected chi connectivity index (χ0v) is 17.6. The van der Waals surface area contributed by atoms with Gasteiger partial charge in [0.15, 0.2) is 11.5 Å². The summed E-state index contributed by atoms with van der Waals surface area (Å²) >= 11 is 0. The molecule has 7 heteroatoms. The molecule has 0 aromatic heterocycles. The van der Waals surface area contributed by atoms with E-state index in [1.165, 1.54) is 6.92 Å². The van der Waals surface area contributed by atoms with Crippen LogP contribution in [0.5, 0.6) is 17.2 Å². The van der Waals surface area contributed by atoms with Crippen LogP contribution in [-0.4, -0.2) is 26.0 Å². The van der Waals surface area contributed by atoms with Crippen LogP contribution in [0.1, 0.15) is 22.8 Å². The van der Waals surface area contributed by atoms with Gasteiger partial charge in [0.05, 0.1) is 14.2 Å². The number of hydrogen-bond acceptors (Lipinski definition) is 5. The highest BCUT2D eigenvalue weighted by molar-refractivity contribution is 6.04. The molecule has 0 aliphatic rings. The molecule has 160 valence electrons. The number of methoxy groups -OCH3 is 2. The molecule has 2 N–H and O–H groups in total. The van der Waals surface area contributed by atoms with Crippen LogP contribution in [0.4, 0.5) is 11.4 Å². The molecule has 0 spiro atoms. The van der Waals surface area contributed by atoms with Gasteiger partial charge in [0.2, 0.25) is 5.91 Å². The third-order valence-corrected chi connectivity index (χ3v) is 4.46. The summed E-state index contributed by atoms with van der Waals surface area (Å²) in [6.07, 6.45) is 0. The molecule has 0 heterocycles. The predicted octanol–water partition coefficient (Wildman–Crippen LogP) is 4.49. The van der Waals surface area contributed by atoms with Crippen LogP contribution >= 0.6 is 0 Å². The Balaban J connectivity index is 1.73. The monoisotopic (exact) mass is 420 g/mol. The molecule has 0 fully saturated rings. The van der Waals surface area contributed by atoms with Gasteiger partial charge in [-0.3, -0.25) is 9.59 Å². The first-order chi connectivity index (χ1) is 15.0. The van der Waals surface area contributed by atoms with E-state index in [0.29, 0.717) is 34.2 Å². The van der Waals surface area contributed by atoms with Crippen molar-refractivity contribution in [2.75, 3.05) is 24.9 Å². The molecule has 0 aliphatic carbocycles. The summed E-state index contributed by atoms with van der Waals surface area (Å²) in [5.41, 5.74) is 2.46. The predicted molar refractivity (Wildman–Crippen MR) is 119 cm³/mol. The molecule has 31 heavy (non-hydrogen) atoms. The number of ether oxygens (including phenoxy) is 3. The lowest BCUT2D eigenvalue weighted by Gasteiger charge is -2.14. The lowest BCUT2D eigenvalue weighted by atomic mass is 10.1. The van der Waals surface area contributed by atoms with Crippen molar-refractivity contribution in [3.8, 4) is 17.2 Å². The van der Waals surface area contributed by atoms with Gasteiger partial charge in [0, 0.05) is 29.4 Å². The minimum absolute atomic E-state index is 0.155. The molecule has 3 aromatic carbocycles. The maximum absolute atomic E-state index is 12.7. The second kappa shape index (κ2) is 10.2. The van der Waals surface area contributed by atoms with Crippen LogP contribution in [-0.2, 0) is 11.4 Å². The zero-order valence-electron chi connectivity index (χ0n) is 17.6. The Morgan fingerprint density at radius 3 is 2.00 bits per heavy atom. The van der Waals surface area contributed by atoms with Crippen LogP contribution in [0, 0.1) is 0 Å². The van der Waals surface area contributed by atoms with Gasteiger partial charge in [-0.2, -0.15) is 0 Å². The number of rotatable bonds is 8. The molecular weight excluding hydrogens is 396 g/mol. The fraction of sp³-hybridized carbons (Fsp3) is 0.167. The second-order valence-corrected chi connectivity index (χ2v) is 6.68. The van der Waals surface area contributed by atoms with Gasteiger partial charge in [-0.15, -0.1) is 0 Å². The number of carbonyl (C=O) groups excluding carboxylic acids is 2. The average Bonchev–Trinajstić information content (AvgIpc) is 2.78. The second-order valence-electron chi connectivity index (χ2n) is 6.68. The Hall–Kier alpha value is -4.00. The van der Waals surface area contributed by atoms with Crippen molar-refractivity contribution >= 4 is 23.2 Å². The Labute approximate surface area is 180 Å². The zero-order chi connectivity index (χ0) is 22.2. The maximum Gasteiger partial charge on any atom is 0.255 e. The van der Waals surface area contributed by atoms with Crippen LogP contribution in [0.25, 0.3) is 0 Å². The summed E-state index contributed by atoms with van der Waals surface area (Å²) < 4.78 is 16.6. The molecule has 0 bridgehead atoms. The molecule has 0 aliphatic heterocycles. The minimum atomic E-state index is -0.270. The fourth-order valence-electron chi connectivity index (χ4n) is 2.97. The summed E-state index contributed by atoms with van der Waals surface area (Å²) in [6.45, 7) is 1.64. The molecule has 0 saturated heterocycles. The van der Waals surface area contributed by atoms with E-state index in [-0.39, 0.29) is 18.4 Å². The standard InChI is InChI=1S/C24H24N2O5/c1-16(27)25-19-9-11-20(12-10-19)26-24(28)17-8-13-21(29-2)18(14-17)15-31-23-7-5-4-6-22(23)30-3/h4-14H,15H2,1-3H3,(H,25,27)(H,26,28). The Morgan fingerprint density at radius 2 is 1.39 bits per heavy atom. The lowest BCUT2D eigenvalue weighted by Crippen LogP contribution is -2.13. The summed E-state index contributed by atoms with van der Waals surface area (Å²) in [5, 5.41) is 5.53. The summed E-state index contributed by atoms with van der Waals surface area (Å²) in [7, 11) is 3.15. The van der Waals surface area contributed by atoms with E-state index in [0.717, 1.165) is 5.56 Å². The molecule has 7 nitrogen and oxygen atoms in total. The van der Waals surface area contributed by atoms with Crippen LogP contribution < -0.4 is 24.8 Å². The van der Waals surface area contributed by atoms with E-state index in [1.807, 2.05) is 24.3 Å². The van der Waals surface area contributed by atoms with Crippen LogP contribution in [0.2, 0.25) is 0 Å². The first-order valence-corrected chi connectivity index (χ1v) is 9.62. The van der Waals surface area contributed by atoms with Crippen molar-refractivity contribution in [3.05, 3.63) is 77.9 Å². The quantitative estimate of drug-likeness (QED) is 0.561. The third kappa shape index (κ3) is 5.76. The van der Waals surface area contributed by atoms with Gasteiger partial charge < -0.3 is 24.8 Å². The number of benzene rings is 3. The molecule has 3 rings (SSSR count). The van der Waals surface area contributed by atoms with Crippen molar-refractivity contribution in [3.63, 3.8) is 0 Å². The van der Waals surface area contributed by atoms with Crippen molar-refractivity contribution in [1.82, 2.24) is 0 Å². The van der Waals surface area contributed by atoms with E-state index in [9.17, 15) is 9.59 Å². The SMILES string of the molecule is COc1ccc(C(=O)Nc2ccc(NC(C)=O)cc2)cc1COc1ccccc1OC. The maximum atomic E-state index is 12.7. The highest BCUT2D eigenvalue weighted by atomic mass is 16.5. The summed E-state index contributed by atoms with van der Waals surface area (Å²) in [6, 6.07) is 19.4. The number of anilines is 2. The molecular formula is C24H24N2O5. The van der Waals surface area contributed by atoms with E-state index >= 15 is 0 Å². The number of para-hydroxylation sites is 2. The third-order valence-electron chi connectivity index (χ3n) is 4.46. The number of carbonyl (C=O) groups is 2. The van der Waals surface area contributed by atoms with Crippen molar-refractivity contribution in [2.24, 2.45) is 0 Å². The normalized spacial score (nSPS) is 10.2. The topological polar surface area (TPSA) is 85.9 Å². The van der Waals surface area contributed by atoms with Gasteiger partial charge >= 0.3 is 0 Å². The van der Waals surface area contributed by atoms with Crippen molar-refractivity contribution in [1.29, 1.82) is 0 Å². The molecule has 2 amide bonds. The van der Waals surface area contributed by atoms with Crippen molar-refractivity contribution < 1.29 is 23.8 Å². The Bertz CT molecular complexity index is 1060. The van der Waals surface area contributed by atoms with Gasteiger partial charge in [0.1, 0.15) is 12.4 Å². The highest BCUT2D eigenvalue weighted by Gasteiger charge is 2.12. The van der Waals surface area contributed by atoms with Crippen LogP contribution in [0.3, 0.4) is 0 Å². The van der Waals surface area contributed by atoms with Gasteiger partial charge in [-0.05, 0) is 54.6 Å². The smallest absolute Gasteiger partial charge is 0.255 e. The lowest BCUT2D eigenvalue weighted by molar-refractivity contribution is -0.114. The van der Waals surface area contributed by atoms with Gasteiger partial charge in [0.25, 0.3) is 5.91 Å². The number of amides is 2. The van der Waals surface area contributed by atoms with E-state index in [4.69, 9.17) is 14.2 Å². The fourth-order valence-corrected chi connectivity index (χ4v) is 2.97. The first-order valence-electron chi connectivity index (χ1n) is 9.62. The molecule has 0 saturated carbocycles. The Morgan fingerprint density at radius 1 is 0.774 bits per heavy atom. The minimum Gasteiger partial charge on any atom is -0.496 e. The number of hydrogen-bond donors (Lipinski definition) is 2. The summed E-state index contributed by atoms with van der Waals surface area (Å²) in [5.74, 6) is 1.41. The van der Waals surface area contributed by atoms with Crippen molar-refractivity contribution in [2.45, 2.75) is 13.5 Å². The first kappa shape index (κ1) is 21.7. The van der Waals surface area contributed by atoms with E-state index in [1.54, 1.807) is 56.7 Å². The Kier molecular flexibility index (Phi) is 7.11. The average molecular weight is 420 g/mol. The molecule has 0 unspecified atom stereocenters. The van der Waals surface area contributed by atoms with E-state index in [2.05, 4.69) is 10.6 Å². The van der Waals surface area contributed by atoms with E-state index < -0.39 is 0 Å². The summed E-state index contributed by atoms with van der Waals surface area (Å²) in [4.78, 5) is 23.8.